The predicted octanol–water partition coefficient (Wildman–Crippen LogP) is 3.49. The third-order valence-corrected chi connectivity index (χ3v) is 3.42. The van der Waals surface area contributed by atoms with Crippen molar-refractivity contribution in [3.05, 3.63) is 59.5 Å². The van der Waals surface area contributed by atoms with E-state index in [0.29, 0.717) is 12.3 Å². The highest BCUT2D eigenvalue weighted by molar-refractivity contribution is 5.75. The van der Waals surface area contributed by atoms with Crippen LogP contribution in [0.4, 0.5) is 0 Å². The van der Waals surface area contributed by atoms with E-state index in [1.165, 1.54) is 5.56 Å². The van der Waals surface area contributed by atoms with Crippen LogP contribution in [0.3, 0.4) is 0 Å². The second-order valence-electron chi connectivity index (χ2n) is 6.10. The van der Waals surface area contributed by atoms with Gasteiger partial charge in [-0.05, 0) is 28.7 Å². The highest BCUT2D eigenvalue weighted by Crippen LogP contribution is 2.24. The van der Waals surface area contributed by atoms with Gasteiger partial charge in [0.05, 0.1) is 12.8 Å². The van der Waals surface area contributed by atoms with Crippen LogP contribution in [0.25, 0.3) is 0 Å². The number of carboxylic acid groups (broad SMARTS) is 1. The van der Waals surface area contributed by atoms with Gasteiger partial charge in [-0.2, -0.15) is 0 Å². The number of rotatable bonds is 5. The fraction of sp³-hybridized carbons (Fsp3) is 0.353. The monoisotopic (exact) mass is 287 g/mol. The summed E-state index contributed by atoms with van der Waals surface area (Å²) in [6.07, 6.45) is 1.57. The average Bonchev–Trinajstić information content (AvgIpc) is 2.91. The minimum Gasteiger partial charge on any atom is -0.480 e. The fourth-order valence-electron chi connectivity index (χ4n) is 2.14. The molecule has 1 aromatic heterocycles. The van der Waals surface area contributed by atoms with E-state index >= 15 is 0 Å². The molecule has 0 bridgehead atoms. The first-order valence-corrected chi connectivity index (χ1v) is 6.97. The minimum absolute atomic E-state index is 0.0544. The molecule has 1 aromatic carbocycles. The second-order valence-corrected chi connectivity index (χ2v) is 6.10. The molecule has 0 aliphatic rings. The lowest BCUT2D eigenvalue weighted by Crippen LogP contribution is -2.28. The van der Waals surface area contributed by atoms with Crippen molar-refractivity contribution in [1.82, 2.24) is 5.32 Å². The lowest BCUT2D eigenvalue weighted by Gasteiger charge is -2.20. The first-order valence-electron chi connectivity index (χ1n) is 6.97. The molecule has 4 heteroatoms. The highest BCUT2D eigenvalue weighted by atomic mass is 16.4. The van der Waals surface area contributed by atoms with Crippen molar-refractivity contribution in [3.63, 3.8) is 0 Å². The topological polar surface area (TPSA) is 62.5 Å². The maximum absolute atomic E-state index is 11.4. The Labute approximate surface area is 124 Å². The van der Waals surface area contributed by atoms with E-state index in [1.807, 2.05) is 30.3 Å². The maximum Gasteiger partial charge on any atom is 0.325 e. The number of aliphatic carboxylic acids is 1. The van der Waals surface area contributed by atoms with E-state index in [-0.39, 0.29) is 5.41 Å². The molecule has 0 spiro atoms. The van der Waals surface area contributed by atoms with Crippen molar-refractivity contribution in [1.29, 1.82) is 0 Å². The number of furan rings is 1. The molecular formula is C17H21NO3. The fourth-order valence-corrected chi connectivity index (χ4v) is 2.14. The Morgan fingerprint density at radius 1 is 1.24 bits per heavy atom. The molecule has 0 fully saturated rings. The Morgan fingerprint density at radius 3 is 2.38 bits per heavy atom. The van der Waals surface area contributed by atoms with E-state index in [4.69, 9.17) is 4.42 Å². The zero-order valence-electron chi connectivity index (χ0n) is 12.6. The zero-order valence-corrected chi connectivity index (χ0v) is 12.6. The molecule has 2 aromatic rings. The van der Waals surface area contributed by atoms with Crippen LogP contribution in [0.5, 0.6) is 0 Å². The summed E-state index contributed by atoms with van der Waals surface area (Å²) in [6.45, 7) is 6.77. The molecule has 1 atom stereocenters. The van der Waals surface area contributed by atoms with Crippen molar-refractivity contribution in [3.8, 4) is 0 Å². The van der Waals surface area contributed by atoms with E-state index in [1.54, 1.807) is 12.3 Å². The van der Waals surface area contributed by atoms with E-state index < -0.39 is 12.0 Å². The highest BCUT2D eigenvalue weighted by Gasteiger charge is 2.20. The Balaban J connectivity index is 2.12. The number of carboxylic acids is 1. The van der Waals surface area contributed by atoms with E-state index in [2.05, 4.69) is 26.1 Å². The second kappa shape index (κ2) is 6.14. The normalized spacial score (nSPS) is 13.1. The quantitative estimate of drug-likeness (QED) is 0.883. The number of carbonyl (C=O) groups is 1. The zero-order chi connectivity index (χ0) is 15.5. The summed E-state index contributed by atoms with van der Waals surface area (Å²) >= 11 is 0. The van der Waals surface area contributed by atoms with Crippen LogP contribution in [0, 0.1) is 0 Å². The Morgan fingerprint density at radius 2 is 1.90 bits per heavy atom. The molecule has 21 heavy (non-hydrogen) atoms. The molecule has 0 amide bonds. The third kappa shape index (κ3) is 3.95. The SMILES string of the molecule is CC(C)(C)c1ccc(C(NCc2ccco2)C(=O)O)cc1. The first kappa shape index (κ1) is 15.3. The number of hydrogen-bond donors (Lipinski definition) is 2. The number of nitrogens with one attached hydrogen (secondary N) is 1. The van der Waals surface area contributed by atoms with Crippen LogP contribution in [0.15, 0.2) is 47.1 Å². The predicted molar refractivity (Wildman–Crippen MR) is 81.1 cm³/mol. The Hall–Kier alpha value is -2.07. The van der Waals surface area contributed by atoms with Gasteiger partial charge < -0.3 is 9.52 Å². The lowest BCUT2D eigenvalue weighted by molar-refractivity contribution is -0.139. The summed E-state index contributed by atoms with van der Waals surface area (Å²) in [7, 11) is 0. The van der Waals surface area contributed by atoms with Crippen molar-refractivity contribution in [2.75, 3.05) is 0 Å². The van der Waals surface area contributed by atoms with Gasteiger partial charge in [-0.1, -0.05) is 45.0 Å². The molecule has 1 heterocycles. The summed E-state index contributed by atoms with van der Waals surface area (Å²) in [5.41, 5.74) is 1.97. The summed E-state index contributed by atoms with van der Waals surface area (Å²) < 4.78 is 5.21. The summed E-state index contributed by atoms with van der Waals surface area (Å²) in [4.78, 5) is 11.4. The maximum atomic E-state index is 11.4. The Bertz CT molecular complexity index is 579. The van der Waals surface area contributed by atoms with Gasteiger partial charge in [0.15, 0.2) is 0 Å². The van der Waals surface area contributed by atoms with Crippen LogP contribution in [-0.2, 0) is 16.8 Å². The van der Waals surface area contributed by atoms with Crippen LogP contribution in [0.2, 0.25) is 0 Å². The van der Waals surface area contributed by atoms with Crippen molar-refractivity contribution in [2.24, 2.45) is 0 Å². The molecule has 0 saturated carbocycles. The number of benzene rings is 1. The summed E-state index contributed by atoms with van der Waals surface area (Å²) in [5, 5.41) is 12.4. The molecule has 1 unspecified atom stereocenters. The average molecular weight is 287 g/mol. The largest absolute Gasteiger partial charge is 0.480 e. The molecule has 0 aliphatic heterocycles. The molecular weight excluding hydrogens is 266 g/mol. The van der Waals surface area contributed by atoms with Gasteiger partial charge in [-0.3, -0.25) is 10.1 Å². The summed E-state index contributed by atoms with van der Waals surface area (Å²) in [6, 6.07) is 10.6. The molecule has 0 aliphatic carbocycles. The van der Waals surface area contributed by atoms with Gasteiger partial charge in [0.25, 0.3) is 0 Å². The van der Waals surface area contributed by atoms with Gasteiger partial charge >= 0.3 is 5.97 Å². The van der Waals surface area contributed by atoms with Crippen molar-refractivity contribution in [2.45, 2.75) is 38.8 Å². The van der Waals surface area contributed by atoms with Crippen LogP contribution in [0.1, 0.15) is 43.7 Å². The molecule has 2 N–H and O–H groups in total. The van der Waals surface area contributed by atoms with Crippen LogP contribution < -0.4 is 5.32 Å². The van der Waals surface area contributed by atoms with E-state index in [0.717, 1.165) is 5.56 Å². The minimum atomic E-state index is -0.898. The standard InChI is InChI=1S/C17H21NO3/c1-17(2,3)13-8-6-12(7-9-13)15(16(19)20)18-11-14-5-4-10-21-14/h4-10,15,18H,11H2,1-3H3,(H,19,20). The first-order chi connectivity index (χ1) is 9.88. The van der Waals surface area contributed by atoms with Crippen LogP contribution >= 0.6 is 0 Å². The van der Waals surface area contributed by atoms with Crippen molar-refractivity contribution < 1.29 is 14.3 Å². The van der Waals surface area contributed by atoms with Gasteiger partial charge in [-0.25, -0.2) is 0 Å². The van der Waals surface area contributed by atoms with E-state index in [9.17, 15) is 9.90 Å². The molecule has 0 saturated heterocycles. The van der Waals surface area contributed by atoms with Crippen molar-refractivity contribution >= 4 is 5.97 Å². The molecule has 112 valence electrons. The molecule has 0 radical (unpaired) electrons. The molecule has 4 nitrogen and oxygen atoms in total. The third-order valence-electron chi connectivity index (χ3n) is 3.42. The van der Waals surface area contributed by atoms with Gasteiger partial charge in [0.1, 0.15) is 11.8 Å². The van der Waals surface area contributed by atoms with Gasteiger partial charge in [0.2, 0.25) is 0 Å². The Kier molecular flexibility index (Phi) is 4.48. The lowest BCUT2D eigenvalue weighted by atomic mass is 9.86. The van der Waals surface area contributed by atoms with Gasteiger partial charge in [0, 0.05) is 0 Å². The van der Waals surface area contributed by atoms with Gasteiger partial charge in [-0.15, -0.1) is 0 Å². The van der Waals surface area contributed by atoms with Crippen LogP contribution in [-0.4, -0.2) is 11.1 Å². The number of hydrogen-bond acceptors (Lipinski definition) is 3. The summed E-state index contributed by atoms with van der Waals surface area (Å²) in [5.74, 6) is -0.183. The smallest absolute Gasteiger partial charge is 0.325 e. The molecule has 2 rings (SSSR count).